The van der Waals surface area contributed by atoms with E-state index in [1.165, 1.54) is 23.0 Å². The molecule has 38 heavy (non-hydrogen) atoms. The van der Waals surface area contributed by atoms with E-state index in [0.29, 0.717) is 34.6 Å². The summed E-state index contributed by atoms with van der Waals surface area (Å²) in [5.74, 6) is -0.141. The molecule has 0 atom stereocenters. The fraction of sp³-hybridized carbons (Fsp3) is 0.250. The quantitative estimate of drug-likeness (QED) is 0.317. The van der Waals surface area contributed by atoms with Crippen molar-refractivity contribution in [1.82, 2.24) is 14.5 Å². The molecule has 1 N–H and O–H groups in total. The smallest absolute Gasteiger partial charge is 0.416 e. The maximum atomic E-state index is 13.4. The van der Waals surface area contributed by atoms with Gasteiger partial charge in [-0.15, -0.1) is 0 Å². The monoisotopic (exact) mass is 524 g/mol. The average molecular weight is 525 g/mol. The summed E-state index contributed by atoms with van der Waals surface area (Å²) in [6, 6.07) is 14.2. The lowest BCUT2D eigenvalue weighted by atomic mass is 10.1. The van der Waals surface area contributed by atoms with Crippen molar-refractivity contribution >= 4 is 22.5 Å². The topological polar surface area (TPSA) is 76.5 Å². The molecule has 0 aliphatic rings. The van der Waals surface area contributed by atoms with Crippen molar-refractivity contribution in [2.75, 3.05) is 32.6 Å². The summed E-state index contributed by atoms with van der Waals surface area (Å²) in [6.45, 7) is 3.18. The summed E-state index contributed by atoms with van der Waals surface area (Å²) in [5.41, 5.74) is 0.675. The molecule has 1 amide bonds. The number of fused-ring (bicyclic) bond motifs is 1. The second-order valence-corrected chi connectivity index (χ2v) is 9.14. The lowest BCUT2D eigenvalue weighted by Gasteiger charge is -2.14. The lowest BCUT2D eigenvalue weighted by molar-refractivity contribution is -0.137. The van der Waals surface area contributed by atoms with Crippen molar-refractivity contribution < 1.29 is 22.7 Å². The molecule has 1 heterocycles. The van der Waals surface area contributed by atoms with Gasteiger partial charge in [0.1, 0.15) is 12.1 Å². The second-order valence-electron chi connectivity index (χ2n) is 9.14. The summed E-state index contributed by atoms with van der Waals surface area (Å²) in [4.78, 5) is 32.5. The highest BCUT2D eigenvalue weighted by atomic mass is 19.4. The Morgan fingerprint density at radius 3 is 2.61 bits per heavy atom. The number of aromatic nitrogens is 2. The normalized spacial score (nSPS) is 11.7. The molecule has 0 spiro atoms. The van der Waals surface area contributed by atoms with Crippen LogP contribution in [0.4, 0.5) is 18.9 Å². The van der Waals surface area contributed by atoms with Crippen LogP contribution in [0.2, 0.25) is 0 Å². The van der Waals surface area contributed by atoms with Crippen molar-refractivity contribution in [3.8, 4) is 11.4 Å². The number of rotatable bonds is 8. The average Bonchev–Trinajstić information content (AvgIpc) is 2.88. The van der Waals surface area contributed by atoms with E-state index in [0.717, 1.165) is 30.7 Å². The van der Waals surface area contributed by atoms with Crippen LogP contribution < -0.4 is 15.6 Å². The number of hydrogen-bond acceptors (Lipinski definition) is 5. The zero-order valence-electron chi connectivity index (χ0n) is 21.2. The van der Waals surface area contributed by atoms with E-state index in [1.807, 2.05) is 14.1 Å². The van der Waals surface area contributed by atoms with Crippen LogP contribution in [0.25, 0.3) is 16.6 Å². The molecule has 198 valence electrons. The van der Waals surface area contributed by atoms with E-state index in [2.05, 4.69) is 15.2 Å². The van der Waals surface area contributed by atoms with E-state index in [1.54, 1.807) is 43.3 Å². The number of halogens is 3. The Hall–Kier alpha value is -4.18. The summed E-state index contributed by atoms with van der Waals surface area (Å²) >= 11 is 0. The Kier molecular flexibility index (Phi) is 7.82. The van der Waals surface area contributed by atoms with Crippen LogP contribution in [-0.4, -0.2) is 47.6 Å². The fourth-order valence-electron chi connectivity index (χ4n) is 3.92. The van der Waals surface area contributed by atoms with Gasteiger partial charge in [-0.05, 0) is 81.5 Å². The predicted molar refractivity (Wildman–Crippen MR) is 140 cm³/mol. The molecule has 0 aliphatic heterocycles. The first-order valence-electron chi connectivity index (χ1n) is 11.9. The number of benzene rings is 3. The van der Waals surface area contributed by atoms with Crippen LogP contribution in [-0.2, 0) is 6.18 Å². The minimum atomic E-state index is -4.56. The third kappa shape index (κ3) is 6.20. The predicted octanol–water partition coefficient (Wildman–Crippen LogP) is 5.30. The first kappa shape index (κ1) is 26.9. The number of anilines is 1. The van der Waals surface area contributed by atoms with Crippen LogP contribution in [0.15, 0.2) is 71.8 Å². The molecule has 0 aliphatic carbocycles. The molecule has 7 nitrogen and oxygen atoms in total. The zero-order chi connectivity index (χ0) is 27.4. The van der Waals surface area contributed by atoms with Crippen molar-refractivity contribution in [2.45, 2.75) is 19.5 Å². The Bertz CT molecular complexity index is 1530. The highest BCUT2D eigenvalue weighted by Crippen LogP contribution is 2.30. The number of nitrogens with one attached hydrogen (secondary N) is 1. The molecule has 0 fully saturated rings. The van der Waals surface area contributed by atoms with Crippen LogP contribution in [0.5, 0.6) is 5.75 Å². The summed E-state index contributed by atoms with van der Waals surface area (Å²) < 4.78 is 46.3. The number of carbonyl (C=O) groups excluding carboxylic acids is 1. The second kappa shape index (κ2) is 11.1. The molecule has 0 radical (unpaired) electrons. The molecular formula is C28H27F3N4O3. The minimum absolute atomic E-state index is 0.135. The van der Waals surface area contributed by atoms with Crippen LogP contribution >= 0.6 is 0 Å². The van der Waals surface area contributed by atoms with Gasteiger partial charge in [-0.3, -0.25) is 14.2 Å². The summed E-state index contributed by atoms with van der Waals surface area (Å²) in [7, 11) is 3.97. The van der Waals surface area contributed by atoms with Gasteiger partial charge in [-0.2, -0.15) is 13.2 Å². The molecule has 0 unspecified atom stereocenters. The Morgan fingerprint density at radius 2 is 1.87 bits per heavy atom. The number of aryl methyl sites for hydroxylation is 1. The number of carbonyl (C=O) groups is 1. The van der Waals surface area contributed by atoms with Gasteiger partial charge < -0.3 is 15.0 Å². The van der Waals surface area contributed by atoms with Crippen molar-refractivity contribution in [1.29, 1.82) is 0 Å². The molecule has 3 aromatic carbocycles. The summed E-state index contributed by atoms with van der Waals surface area (Å²) in [5, 5.41) is 2.98. The SMILES string of the molecule is Cc1ccc(NC(=O)c2cccc(C(F)(F)F)c2)cc1-n1cnc2ccc(OCCCN(C)C)cc2c1=O. The van der Waals surface area contributed by atoms with E-state index < -0.39 is 17.6 Å². The number of ether oxygens (including phenoxy) is 1. The van der Waals surface area contributed by atoms with Gasteiger partial charge in [0, 0.05) is 17.8 Å². The van der Waals surface area contributed by atoms with Crippen LogP contribution in [0, 0.1) is 6.92 Å². The number of nitrogens with zero attached hydrogens (tertiary/aromatic N) is 3. The van der Waals surface area contributed by atoms with Gasteiger partial charge >= 0.3 is 6.18 Å². The lowest BCUT2D eigenvalue weighted by Crippen LogP contribution is -2.20. The maximum Gasteiger partial charge on any atom is 0.416 e. The molecule has 0 saturated heterocycles. The van der Waals surface area contributed by atoms with Crippen LogP contribution in [0.1, 0.15) is 27.9 Å². The van der Waals surface area contributed by atoms with Gasteiger partial charge in [-0.25, -0.2) is 4.98 Å². The van der Waals surface area contributed by atoms with Gasteiger partial charge in [-0.1, -0.05) is 12.1 Å². The largest absolute Gasteiger partial charge is 0.494 e. The van der Waals surface area contributed by atoms with Gasteiger partial charge in [0.05, 0.1) is 28.8 Å². The van der Waals surface area contributed by atoms with E-state index in [-0.39, 0.29) is 11.1 Å². The highest BCUT2D eigenvalue weighted by molar-refractivity contribution is 6.04. The Morgan fingerprint density at radius 1 is 1.08 bits per heavy atom. The maximum absolute atomic E-state index is 13.4. The third-order valence-corrected chi connectivity index (χ3v) is 5.93. The number of alkyl halides is 3. The Labute approximate surface area is 217 Å². The fourth-order valence-corrected chi connectivity index (χ4v) is 3.92. The van der Waals surface area contributed by atoms with E-state index in [9.17, 15) is 22.8 Å². The van der Waals surface area contributed by atoms with E-state index >= 15 is 0 Å². The van der Waals surface area contributed by atoms with Crippen LogP contribution in [0.3, 0.4) is 0 Å². The molecule has 0 saturated carbocycles. The molecule has 4 aromatic rings. The molecular weight excluding hydrogens is 497 g/mol. The molecule has 1 aromatic heterocycles. The minimum Gasteiger partial charge on any atom is -0.494 e. The zero-order valence-corrected chi connectivity index (χ0v) is 21.2. The molecule has 0 bridgehead atoms. The first-order valence-corrected chi connectivity index (χ1v) is 11.9. The standard InChI is InChI=1S/C28H27F3N4O3/c1-18-8-9-21(33-26(36)19-6-4-7-20(14-19)28(29,30)31)15-25(18)35-17-32-24-11-10-22(16-23(24)27(35)37)38-13-5-12-34(2)3/h4,6-11,14-17H,5,12-13H2,1-3H3,(H,33,36). The Balaban J connectivity index is 1.61. The van der Waals surface area contributed by atoms with Gasteiger partial charge in [0.25, 0.3) is 11.5 Å². The summed E-state index contributed by atoms with van der Waals surface area (Å²) in [6.07, 6.45) is -2.32. The van der Waals surface area contributed by atoms with Gasteiger partial charge in [0.2, 0.25) is 0 Å². The number of hydrogen-bond donors (Lipinski definition) is 1. The highest BCUT2D eigenvalue weighted by Gasteiger charge is 2.30. The molecule has 4 rings (SSSR count). The first-order chi connectivity index (χ1) is 18.0. The van der Waals surface area contributed by atoms with Crippen molar-refractivity contribution in [3.05, 3.63) is 94.0 Å². The number of amides is 1. The van der Waals surface area contributed by atoms with Gasteiger partial charge in [0.15, 0.2) is 0 Å². The van der Waals surface area contributed by atoms with E-state index in [4.69, 9.17) is 4.74 Å². The van der Waals surface area contributed by atoms with Crippen molar-refractivity contribution in [2.24, 2.45) is 0 Å². The third-order valence-electron chi connectivity index (χ3n) is 5.93. The van der Waals surface area contributed by atoms with Crippen molar-refractivity contribution in [3.63, 3.8) is 0 Å². The molecule has 10 heteroatoms.